The first kappa shape index (κ1) is 14.5. The lowest BCUT2D eigenvalue weighted by atomic mass is 10.1. The van der Waals surface area contributed by atoms with Crippen molar-refractivity contribution < 1.29 is 32.9 Å². The van der Waals surface area contributed by atoms with Crippen molar-refractivity contribution in [3.8, 4) is 0 Å². The summed E-state index contributed by atoms with van der Waals surface area (Å²) >= 11 is 6.48. The SMILES string of the molecule is C[n+]1c2ccc(F)cc2c(Cl)c2[nH]c3ccccc3c21.[I-]. The molecule has 21 heavy (non-hydrogen) atoms. The van der Waals surface area contributed by atoms with Crippen LogP contribution in [0, 0.1) is 5.82 Å². The van der Waals surface area contributed by atoms with E-state index in [2.05, 4.69) is 15.6 Å². The predicted molar refractivity (Wildman–Crippen MR) is 79.5 cm³/mol. The van der Waals surface area contributed by atoms with Crippen LogP contribution in [0.5, 0.6) is 0 Å². The van der Waals surface area contributed by atoms with E-state index in [1.165, 1.54) is 12.1 Å². The summed E-state index contributed by atoms with van der Waals surface area (Å²) in [5, 5.41) is 2.38. The minimum Gasteiger partial charge on any atom is -1.00 e. The molecule has 2 aromatic heterocycles. The number of nitrogens with zero attached hydrogens (tertiary/aromatic N) is 1. The van der Waals surface area contributed by atoms with E-state index in [0.29, 0.717) is 10.4 Å². The van der Waals surface area contributed by atoms with Gasteiger partial charge in [0.25, 0.3) is 0 Å². The Hall–Kier alpha value is -1.40. The quantitative estimate of drug-likeness (QED) is 0.330. The Labute approximate surface area is 142 Å². The van der Waals surface area contributed by atoms with Crippen LogP contribution >= 0.6 is 11.6 Å². The molecule has 4 aromatic rings. The maximum absolute atomic E-state index is 13.5. The lowest BCUT2D eigenvalue weighted by Crippen LogP contribution is -3.00. The summed E-state index contributed by atoms with van der Waals surface area (Å²) in [6.45, 7) is 0. The summed E-state index contributed by atoms with van der Waals surface area (Å²) in [6.07, 6.45) is 0. The number of aromatic amines is 1. The Balaban J connectivity index is 0.00000132. The summed E-state index contributed by atoms with van der Waals surface area (Å²) in [4.78, 5) is 3.32. The number of hydrogen-bond acceptors (Lipinski definition) is 0. The van der Waals surface area contributed by atoms with Crippen molar-refractivity contribution >= 4 is 44.4 Å². The van der Waals surface area contributed by atoms with Gasteiger partial charge in [0.15, 0.2) is 0 Å². The number of aromatic nitrogens is 2. The minimum atomic E-state index is -0.283. The van der Waals surface area contributed by atoms with Crippen molar-refractivity contribution in [3.05, 3.63) is 53.3 Å². The molecule has 2 nitrogen and oxygen atoms in total. The second-order valence-electron chi connectivity index (χ2n) is 4.93. The van der Waals surface area contributed by atoms with Gasteiger partial charge in [-0.05, 0) is 24.3 Å². The van der Waals surface area contributed by atoms with Gasteiger partial charge in [-0.2, -0.15) is 4.57 Å². The molecular weight excluding hydrogens is 402 g/mol. The molecule has 0 saturated heterocycles. The zero-order valence-corrected chi connectivity index (χ0v) is 14.0. The maximum Gasteiger partial charge on any atom is 0.240 e. The summed E-state index contributed by atoms with van der Waals surface area (Å²) < 4.78 is 15.5. The normalized spacial score (nSPS) is 11.2. The summed E-state index contributed by atoms with van der Waals surface area (Å²) in [5.41, 5.74) is 3.81. The van der Waals surface area contributed by atoms with E-state index in [4.69, 9.17) is 11.6 Å². The van der Waals surface area contributed by atoms with Gasteiger partial charge in [0, 0.05) is 6.07 Å². The molecule has 106 valence electrons. The number of rotatable bonds is 0. The number of benzene rings is 2. The summed E-state index contributed by atoms with van der Waals surface area (Å²) in [7, 11) is 1.97. The van der Waals surface area contributed by atoms with Gasteiger partial charge >= 0.3 is 0 Å². The molecule has 2 heterocycles. The number of fused-ring (bicyclic) bond motifs is 4. The fourth-order valence-electron chi connectivity index (χ4n) is 2.87. The molecule has 0 radical (unpaired) electrons. The molecule has 0 fully saturated rings. The molecule has 5 heteroatoms. The second kappa shape index (κ2) is 5.10. The number of para-hydroxylation sites is 1. The predicted octanol–water partition coefficient (Wildman–Crippen LogP) is 1.10. The van der Waals surface area contributed by atoms with Crippen LogP contribution in [0.25, 0.3) is 32.8 Å². The van der Waals surface area contributed by atoms with E-state index >= 15 is 0 Å². The average molecular weight is 413 g/mol. The molecule has 0 saturated carbocycles. The molecule has 0 amide bonds. The van der Waals surface area contributed by atoms with Crippen LogP contribution in [0.15, 0.2) is 42.5 Å². The number of halogens is 3. The van der Waals surface area contributed by atoms with Crippen LogP contribution in [0.1, 0.15) is 0 Å². The van der Waals surface area contributed by atoms with Gasteiger partial charge in [0.1, 0.15) is 18.4 Å². The molecule has 0 aliphatic rings. The molecular formula is C16H11ClFIN2. The number of H-pyrrole nitrogens is 1. The first-order chi connectivity index (χ1) is 9.66. The van der Waals surface area contributed by atoms with E-state index in [9.17, 15) is 4.39 Å². The minimum absolute atomic E-state index is 0. The largest absolute Gasteiger partial charge is 1.00 e. The van der Waals surface area contributed by atoms with Crippen molar-refractivity contribution in [2.45, 2.75) is 0 Å². The molecule has 2 aromatic carbocycles. The highest BCUT2D eigenvalue weighted by Gasteiger charge is 2.21. The zero-order valence-electron chi connectivity index (χ0n) is 11.1. The third kappa shape index (κ3) is 2.00. The van der Waals surface area contributed by atoms with Gasteiger partial charge in [0.2, 0.25) is 11.0 Å². The average Bonchev–Trinajstić information content (AvgIpc) is 2.84. The van der Waals surface area contributed by atoms with Crippen molar-refractivity contribution in [2.75, 3.05) is 0 Å². The lowest BCUT2D eigenvalue weighted by molar-refractivity contribution is -0.616. The lowest BCUT2D eigenvalue weighted by Gasteiger charge is -2.02. The van der Waals surface area contributed by atoms with E-state index in [0.717, 1.165) is 27.5 Å². The van der Waals surface area contributed by atoms with Crippen molar-refractivity contribution in [1.82, 2.24) is 4.98 Å². The van der Waals surface area contributed by atoms with Crippen LogP contribution in [-0.4, -0.2) is 4.98 Å². The fourth-order valence-corrected chi connectivity index (χ4v) is 3.15. The maximum atomic E-state index is 13.5. The van der Waals surface area contributed by atoms with E-state index in [-0.39, 0.29) is 29.8 Å². The second-order valence-corrected chi connectivity index (χ2v) is 5.31. The highest BCUT2D eigenvalue weighted by Crippen LogP contribution is 2.32. The standard InChI is InChI=1S/C16H10ClFN2.HI/c1-20-13-7-6-9(18)8-11(13)14(17)15-16(20)10-4-2-3-5-12(10)19-15;/h2-8H,1H3;1H. The van der Waals surface area contributed by atoms with Crippen molar-refractivity contribution in [2.24, 2.45) is 7.05 Å². The third-order valence-electron chi connectivity index (χ3n) is 3.79. The van der Waals surface area contributed by atoms with E-state index < -0.39 is 0 Å². The van der Waals surface area contributed by atoms with Gasteiger partial charge in [-0.1, -0.05) is 23.7 Å². The highest BCUT2D eigenvalue weighted by atomic mass is 127. The Morgan fingerprint density at radius 2 is 1.86 bits per heavy atom. The van der Waals surface area contributed by atoms with Crippen LogP contribution in [0.4, 0.5) is 4.39 Å². The van der Waals surface area contributed by atoms with Crippen molar-refractivity contribution in [1.29, 1.82) is 0 Å². The zero-order chi connectivity index (χ0) is 13.9. The number of aryl methyl sites for hydroxylation is 1. The molecule has 1 N–H and O–H groups in total. The number of hydrogen-bond donors (Lipinski definition) is 1. The third-order valence-corrected chi connectivity index (χ3v) is 4.18. The fraction of sp³-hybridized carbons (Fsp3) is 0.0625. The Bertz CT molecular complexity index is 994. The number of nitrogens with one attached hydrogen (secondary N) is 1. The molecule has 0 atom stereocenters. The molecule has 0 unspecified atom stereocenters. The Morgan fingerprint density at radius 3 is 2.67 bits per heavy atom. The first-order valence-corrected chi connectivity index (χ1v) is 6.72. The van der Waals surface area contributed by atoms with E-state index in [1.54, 1.807) is 6.07 Å². The molecule has 0 aliphatic carbocycles. The Kier molecular flexibility index (Phi) is 3.53. The van der Waals surface area contributed by atoms with Gasteiger partial charge in [-0.25, -0.2) is 4.39 Å². The van der Waals surface area contributed by atoms with Gasteiger partial charge in [-0.3, -0.25) is 0 Å². The van der Waals surface area contributed by atoms with E-state index in [1.807, 2.05) is 25.2 Å². The van der Waals surface area contributed by atoms with Crippen LogP contribution in [0.2, 0.25) is 5.02 Å². The molecule has 0 bridgehead atoms. The molecule has 0 spiro atoms. The summed E-state index contributed by atoms with van der Waals surface area (Å²) in [6, 6.07) is 12.7. The van der Waals surface area contributed by atoms with Gasteiger partial charge < -0.3 is 29.0 Å². The van der Waals surface area contributed by atoms with Crippen LogP contribution in [-0.2, 0) is 7.05 Å². The Morgan fingerprint density at radius 1 is 1.10 bits per heavy atom. The highest BCUT2D eigenvalue weighted by molar-refractivity contribution is 6.40. The van der Waals surface area contributed by atoms with Gasteiger partial charge in [-0.15, -0.1) is 0 Å². The smallest absolute Gasteiger partial charge is 0.240 e. The monoisotopic (exact) mass is 412 g/mol. The van der Waals surface area contributed by atoms with Gasteiger partial charge in [0.05, 0.1) is 21.3 Å². The molecule has 0 aliphatic heterocycles. The van der Waals surface area contributed by atoms with Crippen LogP contribution in [0.3, 0.4) is 0 Å². The van der Waals surface area contributed by atoms with Crippen molar-refractivity contribution in [3.63, 3.8) is 0 Å². The topological polar surface area (TPSA) is 19.7 Å². The molecule has 4 rings (SSSR count). The number of pyridine rings is 1. The summed E-state index contributed by atoms with van der Waals surface area (Å²) in [5.74, 6) is -0.283. The van der Waals surface area contributed by atoms with Crippen LogP contribution < -0.4 is 28.5 Å². The first-order valence-electron chi connectivity index (χ1n) is 6.34.